The lowest BCUT2D eigenvalue weighted by Crippen LogP contribution is -2.27. The second-order valence-corrected chi connectivity index (χ2v) is 7.79. The fourth-order valence-corrected chi connectivity index (χ4v) is 2.92. The molecule has 0 radical (unpaired) electrons. The first-order valence-corrected chi connectivity index (χ1v) is 8.82. The molecule has 2 aromatic rings. The Bertz CT molecular complexity index is 836. The number of sulfonamides is 1. The van der Waals surface area contributed by atoms with Crippen molar-refractivity contribution in [1.82, 2.24) is 0 Å². The highest BCUT2D eigenvalue weighted by molar-refractivity contribution is 7.90. The van der Waals surface area contributed by atoms with Crippen LogP contribution in [0, 0.1) is 5.41 Å². The molecule has 0 spiro atoms. The Kier molecular flexibility index (Phi) is 5.19. The summed E-state index contributed by atoms with van der Waals surface area (Å²) in [7, 11) is -3.96. The summed E-state index contributed by atoms with van der Waals surface area (Å²) in [5.74, 6) is -0.798. The summed E-state index contributed by atoms with van der Waals surface area (Å²) in [4.78, 5) is 12.3. The van der Waals surface area contributed by atoms with Gasteiger partial charge in [-0.05, 0) is 24.3 Å². The highest BCUT2D eigenvalue weighted by atomic mass is 32.2. The van der Waals surface area contributed by atoms with Crippen molar-refractivity contribution in [1.29, 1.82) is 0 Å². The molecule has 0 unspecified atom stereocenters. The number of ether oxygens (including phenoxy) is 1. The summed E-state index contributed by atoms with van der Waals surface area (Å²) in [5.41, 5.74) is -0.432. The first-order valence-electron chi connectivity index (χ1n) is 7.38. The molecule has 6 heteroatoms. The minimum atomic E-state index is -3.96. The predicted octanol–water partition coefficient (Wildman–Crippen LogP) is 3.68. The fraction of sp³-hybridized carbons (Fsp3) is 0.222. The van der Waals surface area contributed by atoms with Crippen molar-refractivity contribution in [2.75, 3.05) is 0 Å². The largest absolute Gasteiger partial charge is 0.407 e. The van der Waals surface area contributed by atoms with Crippen LogP contribution < -0.4 is 0 Å². The van der Waals surface area contributed by atoms with Gasteiger partial charge >= 0.3 is 5.97 Å². The average Bonchev–Trinajstić information content (AvgIpc) is 2.55. The fourth-order valence-electron chi connectivity index (χ4n) is 1.78. The van der Waals surface area contributed by atoms with Crippen LogP contribution in [0.5, 0.6) is 0 Å². The van der Waals surface area contributed by atoms with E-state index < -0.39 is 21.4 Å². The van der Waals surface area contributed by atoms with Gasteiger partial charge < -0.3 is 4.74 Å². The molecule has 0 aliphatic carbocycles. The van der Waals surface area contributed by atoms with Crippen molar-refractivity contribution in [2.45, 2.75) is 25.7 Å². The van der Waals surface area contributed by atoms with E-state index in [4.69, 9.17) is 4.74 Å². The Balaban J connectivity index is 2.38. The van der Waals surface area contributed by atoms with Crippen LogP contribution in [0.3, 0.4) is 0 Å². The molecule has 0 bridgehead atoms. The van der Waals surface area contributed by atoms with Crippen LogP contribution in [0.1, 0.15) is 31.1 Å². The zero-order valence-electron chi connectivity index (χ0n) is 13.8. The number of nitrogens with zero attached hydrogens (tertiary/aromatic N) is 1. The van der Waals surface area contributed by atoms with Crippen LogP contribution in [0.15, 0.2) is 70.0 Å². The van der Waals surface area contributed by atoms with Crippen LogP contribution in [0.2, 0.25) is 0 Å². The highest BCUT2D eigenvalue weighted by Crippen LogP contribution is 2.22. The van der Waals surface area contributed by atoms with Gasteiger partial charge in [-0.1, -0.05) is 57.2 Å². The summed E-state index contributed by atoms with van der Waals surface area (Å²) in [6, 6.07) is 16.2. The molecule has 126 valence electrons. The van der Waals surface area contributed by atoms with Gasteiger partial charge in [-0.3, -0.25) is 0 Å². The smallest absolute Gasteiger partial charge is 0.344 e. The summed E-state index contributed by atoms with van der Waals surface area (Å²) in [6.07, 6.45) is 0. The minimum absolute atomic E-state index is 0.0440. The molecular formula is C18H19NO4S. The van der Waals surface area contributed by atoms with E-state index in [9.17, 15) is 13.2 Å². The third-order valence-corrected chi connectivity index (χ3v) is 4.36. The molecule has 5 nitrogen and oxygen atoms in total. The van der Waals surface area contributed by atoms with E-state index in [1.807, 2.05) is 0 Å². The van der Waals surface area contributed by atoms with Gasteiger partial charge in [0.05, 0.1) is 10.5 Å². The number of hydrogen-bond acceptors (Lipinski definition) is 4. The lowest BCUT2D eigenvalue weighted by Gasteiger charge is -2.20. The molecule has 0 atom stereocenters. The van der Waals surface area contributed by atoms with Crippen LogP contribution >= 0.6 is 0 Å². The first-order chi connectivity index (χ1) is 11.2. The van der Waals surface area contributed by atoms with Gasteiger partial charge in [-0.25, -0.2) is 4.79 Å². The zero-order valence-corrected chi connectivity index (χ0v) is 14.6. The van der Waals surface area contributed by atoms with E-state index in [2.05, 4.69) is 4.40 Å². The van der Waals surface area contributed by atoms with Gasteiger partial charge in [0.2, 0.25) is 5.90 Å². The van der Waals surface area contributed by atoms with E-state index in [0.717, 1.165) is 0 Å². The monoisotopic (exact) mass is 345 g/mol. The first kappa shape index (κ1) is 17.9. The Labute approximate surface area is 142 Å². The standard InChI is InChI=1S/C18H19NO4S/c1-18(2,3)17(23-16(20)14-10-6-4-7-11-14)19-24(21,22)15-12-8-5-9-13-15/h4-13H,1-3H3. The Morgan fingerprint density at radius 2 is 1.42 bits per heavy atom. The number of hydrogen-bond donors (Lipinski definition) is 0. The van der Waals surface area contributed by atoms with Crippen molar-refractivity contribution in [3.8, 4) is 0 Å². The molecule has 2 aromatic carbocycles. The van der Waals surface area contributed by atoms with Gasteiger partial charge in [0.1, 0.15) is 0 Å². The quantitative estimate of drug-likeness (QED) is 0.483. The van der Waals surface area contributed by atoms with Gasteiger partial charge in [0.25, 0.3) is 10.0 Å². The number of carbonyl (C=O) groups excluding carboxylic acids is 1. The van der Waals surface area contributed by atoms with Crippen molar-refractivity contribution < 1.29 is 17.9 Å². The maximum Gasteiger partial charge on any atom is 0.344 e. The van der Waals surface area contributed by atoms with Gasteiger partial charge in [-0.15, -0.1) is 4.40 Å². The van der Waals surface area contributed by atoms with Crippen LogP contribution in [0.4, 0.5) is 0 Å². The average molecular weight is 345 g/mol. The maximum atomic E-state index is 12.4. The molecule has 0 saturated carbocycles. The topological polar surface area (TPSA) is 72.8 Å². The van der Waals surface area contributed by atoms with Crippen molar-refractivity contribution in [3.05, 3.63) is 66.2 Å². The summed E-state index contributed by atoms with van der Waals surface area (Å²) >= 11 is 0. The highest BCUT2D eigenvalue weighted by Gasteiger charge is 2.27. The molecule has 0 aromatic heterocycles. The van der Waals surface area contributed by atoms with Gasteiger partial charge in [0.15, 0.2) is 0 Å². The number of benzene rings is 2. The molecule has 0 saturated heterocycles. The third-order valence-electron chi connectivity index (χ3n) is 3.08. The van der Waals surface area contributed by atoms with E-state index in [0.29, 0.717) is 5.56 Å². The molecular weight excluding hydrogens is 326 g/mol. The molecule has 0 amide bonds. The number of carbonyl (C=O) groups is 1. The zero-order chi connectivity index (χ0) is 17.8. The van der Waals surface area contributed by atoms with E-state index in [1.165, 1.54) is 12.1 Å². The third kappa shape index (κ3) is 4.52. The molecule has 0 heterocycles. The Morgan fingerprint density at radius 1 is 0.917 bits per heavy atom. The lowest BCUT2D eigenvalue weighted by molar-refractivity contribution is 0.0696. The summed E-state index contributed by atoms with van der Waals surface area (Å²) in [6.45, 7) is 5.18. The minimum Gasteiger partial charge on any atom is -0.407 e. The normalized spacial score (nSPS) is 12.7. The van der Waals surface area contributed by atoms with Gasteiger partial charge in [-0.2, -0.15) is 8.42 Å². The van der Waals surface area contributed by atoms with Crippen molar-refractivity contribution in [2.24, 2.45) is 9.81 Å². The molecule has 0 aliphatic heterocycles. The predicted molar refractivity (Wildman–Crippen MR) is 92.4 cm³/mol. The van der Waals surface area contributed by atoms with Gasteiger partial charge in [0, 0.05) is 5.41 Å². The second-order valence-electron chi connectivity index (χ2n) is 6.19. The molecule has 2 rings (SSSR count). The maximum absolute atomic E-state index is 12.4. The van der Waals surface area contributed by atoms with Crippen LogP contribution in [-0.4, -0.2) is 20.3 Å². The summed E-state index contributed by atoms with van der Waals surface area (Å²) in [5, 5.41) is 0. The number of esters is 1. The lowest BCUT2D eigenvalue weighted by atomic mass is 9.97. The van der Waals surface area contributed by atoms with Crippen molar-refractivity contribution in [3.63, 3.8) is 0 Å². The van der Waals surface area contributed by atoms with E-state index in [1.54, 1.807) is 69.3 Å². The number of rotatable bonds is 3. The molecule has 24 heavy (non-hydrogen) atoms. The van der Waals surface area contributed by atoms with Crippen LogP contribution in [0.25, 0.3) is 0 Å². The van der Waals surface area contributed by atoms with E-state index >= 15 is 0 Å². The molecule has 0 N–H and O–H groups in total. The summed E-state index contributed by atoms with van der Waals surface area (Å²) < 4.78 is 33.9. The molecule has 0 fully saturated rings. The Morgan fingerprint density at radius 3 is 1.92 bits per heavy atom. The molecule has 0 aliphatic rings. The Hall–Kier alpha value is -2.47. The van der Waals surface area contributed by atoms with E-state index in [-0.39, 0.29) is 10.8 Å². The second kappa shape index (κ2) is 6.97. The van der Waals surface area contributed by atoms with Crippen LogP contribution in [-0.2, 0) is 14.8 Å². The SMILES string of the molecule is CC(C)(C)C(=NS(=O)(=O)c1ccccc1)OC(=O)c1ccccc1. The van der Waals surface area contributed by atoms with Crippen molar-refractivity contribution >= 4 is 21.9 Å².